The predicted molar refractivity (Wildman–Crippen MR) is 93.9 cm³/mol. The highest BCUT2D eigenvalue weighted by Crippen LogP contribution is 2.16. The Labute approximate surface area is 149 Å². The van der Waals surface area contributed by atoms with Gasteiger partial charge in [-0.2, -0.15) is 5.10 Å². The number of hydrogen-bond acceptors (Lipinski definition) is 3. The molecule has 1 amide bonds. The van der Waals surface area contributed by atoms with E-state index in [4.69, 9.17) is 23.2 Å². The first-order valence-corrected chi connectivity index (χ1v) is 8.09. The number of nitrogens with zero attached hydrogens (tertiary/aromatic N) is 3. The monoisotopic (exact) mass is 360 g/mol. The molecule has 1 N–H and O–H groups in total. The van der Waals surface area contributed by atoms with Crippen LogP contribution in [0.3, 0.4) is 0 Å². The van der Waals surface area contributed by atoms with Crippen LogP contribution in [0.15, 0.2) is 54.7 Å². The van der Waals surface area contributed by atoms with Gasteiger partial charge in [-0.15, -0.1) is 0 Å². The molecule has 3 aromatic rings. The van der Waals surface area contributed by atoms with Gasteiger partial charge in [0.25, 0.3) is 5.91 Å². The van der Waals surface area contributed by atoms with Crippen LogP contribution < -0.4 is 5.32 Å². The van der Waals surface area contributed by atoms with Gasteiger partial charge in [-0.3, -0.25) is 4.79 Å². The van der Waals surface area contributed by atoms with Crippen LogP contribution in [0.25, 0.3) is 5.69 Å². The van der Waals surface area contributed by atoms with Crippen molar-refractivity contribution in [1.29, 1.82) is 0 Å². The maximum atomic E-state index is 12.1. The van der Waals surface area contributed by atoms with E-state index in [0.29, 0.717) is 18.5 Å². The highest BCUT2D eigenvalue weighted by Gasteiger charge is 2.11. The average molecular weight is 361 g/mol. The lowest BCUT2D eigenvalue weighted by Gasteiger charge is -2.05. The van der Waals surface area contributed by atoms with Gasteiger partial charge in [-0.25, -0.2) is 9.67 Å². The molecule has 5 nitrogen and oxygen atoms in total. The lowest BCUT2D eigenvalue weighted by Crippen LogP contribution is -2.26. The molecule has 0 unspecified atom stereocenters. The molecule has 2 heterocycles. The minimum atomic E-state index is -0.286. The second-order valence-corrected chi connectivity index (χ2v) is 5.81. The zero-order valence-electron chi connectivity index (χ0n) is 12.6. The topological polar surface area (TPSA) is 59.8 Å². The molecule has 122 valence electrons. The van der Waals surface area contributed by atoms with E-state index < -0.39 is 0 Å². The van der Waals surface area contributed by atoms with Gasteiger partial charge in [0, 0.05) is 19.2 Å². The number of benzene rings is 1. The van der Waals surface area contributed by atoms with Gasteiger partial charge in [0.2, 0.25) is 0 Å². The van der Waals surface area contributed by atoms with Crippen molar-refractivity contribution in [3.05, 3.63) is 76.3 Å². The van der Waals surface area contributed by atoms with Crippen molar-refractivity contribution < 1.29 is 4.79 Å². The van der Waals surface area contributed by atoms with Gasteiger partial charge >= 0.3 is 0 Å². The van der Waals surface area contributed by atoms with E-state index in [0.717, 1.165) is 11.4 Å². The van der Waals surface area contributed by atoms with Gasteiger partial charge < -0.3 is 5.32 Å². The van der Waals surface area contributed by atoms with E-state index in [-0.39, 0.29) is 16.2 Å². The van der Waals surface area contributed by atoms with Crippen LogP contribution in [-0.2, 0) is 6.42 Å². The van der Waals surface area contributed by atoms with Crippen LogP contribution in [-0.4, -0.2) is 27.2 Å². The summed E-state index contributed by atoms with van der Waals surface area (Å²) in [6.07, 6.45) is 2.51. The lowest BCUT2D eigenvalue weighted by molar-refractivity contribution is 0.0954. The number of halogens is 2. The van der Waals surface area contributed by atoms with Crippen molar-refractivity contribution in [3.8, 4) is 5.69 Å². The number of aromatic nitrogens is 3. The van der Waals surface area contributed by atoms with E-state index >= 15 is 0 Å². The first-order valence-electron chi connectivity index (χ1n) is 7.34. The third-order valence-corrected chi connectivity index (χ3v) is 3.89. The molecule has 1 aromatic carbocycles. The van der Waals surface area contributed by atoms with Crippen LogP contribution in [0.2, 0.25) is 10.3 Å². The van der Waals surface area contributed by atoms with Gasteiger partial charge in [-0.1, -0.05) is 41.4 Å². The summed E-state index contributed by atoms with van der Waals surface area (Å²) >= 11 is 11.6. The van der Waals surface area contributed by atoms with E-state index in [9.17, 15) is 4.79 Å². The molecular formula is C17H14Cl2N4O. The molecule has 7 heteroatoms. The zero-order valence-corrected chi connectivity index (χ0v) is 14.1. The summed E-state index contributed by atoms with van der Waals surface area (Å²) in [6.45, 7) is 0.448. The van der Waals surface area contributed by atoms with Gasteiger partial charge in [0.15, 0.2) is 0 Å². The Balaban J connectivity index is 1.57. The van der Waals surface area contributed by atoms with Crippen LogP contribution in [0, 0.1) is 0 Å². The van der Waals surface area contributed by atoms with Gasteiger partial charge in [0.05, 0.1) is 16.9 Å². The van der Waals surface area contributed by atoms with Crippen molar-refractivity contribution in [1.82, 2.24) is 20.1 Å². The molecule has 0 atom stereocenters. The predicted octanol–water partition coefficient (Wildman–Crippen LogP) is 3.55. The fourth-order valence-corrected chi connectivity index (χ4v) is 2.63. The number of carbonyl (C=O) groups is 1. The fourth-order valence-electron chi connectivity index (χ4n) is 2.20. The van der Waals surface area contributed by atoms with E-state index in [1.165, 1.54) is 6.07 Å². The summed E-state index contributed by atoms with van der Waals surface area (Å²) in [5.74, 6) is -0.286. The van der Waals surface area contributed by atoms with Crippen molar-refractivity contribution >= 4 is 29.1 Å². The number of para-hydroxylation sites is 1. The molecule has 2 aromatic heterocycles. The van der Waals surface area contributed by atoms with Crippen molar-refractivity contribution in [2.75, 3.05) is 6.54 Å². The second kappa shape index (κ2) is 7.47. The first kappa shape index (κ1) is 16.5. The maximum Gasteiger partial charge on any atom is 0.254 e. The van der Waals surface area contributed by atoms with Crippen LogP contribution in [0.5, 0.6) is 0 Å². The Hall–Kier alpha value is -2.37. The quantitative estimate of drug-likeness (QED) is 0.707. The number of hydrogen-bond donors (Lipinski definition) is 1. The van der Waals surface area contributed by atoms with Crippen LogP contribution in [0.1, 0.15) is 16.1 Å². The molecule has 0 radical (unpaired) electrons. The Morgan fingerprint density at radius 3 is 2.62 bits per heavy atom. The van der Waals surface area contributed by atoms with Gasteiger partial charge in [-0.05, 0) is 30.3 Å². The molecular weight excluding hydrogens is 347 g/mol. The average Bonchev–Trinajstić information content (AvgIpc) is 3.04. The number of amides is 1. The maximum absolute atomic E-state index is 12.1. The molecule has 0 spiro atoms. The summed E-state index contributed by atoms with van der Waals surface area (Å²) in [5.41, 5.74) is 2.18. The fraction of sp³-hybridized carbons (Fsp3) is 0.118. The minimum Gasteiger partial charge on any atom is -0.352 e. The first-order chi connectivity index (χ1) is 11.6. The summed E-state index contributed by atoms with van der Waals surface area (Å²) in [7, 11) is 0. The summed E-state index contributed by atoms with van der Waals surface area (Å²) in [4.78, 5) is 15.9. The zero-order chi connectivity index (χ0) is 16.9. The van der Waals surface area contributed by atoms with Crippen LogP contribution >= 0.6 is 23.2 Å². The van der Waals surface area contributed by atoms with Crippen LogP contribution in [0.4, 0.5) is 0 Å². The molecule has 0 aliphatic heterocycles. The molecule has 3 rings (SSSR count). The van der Waals surface area contributed by atoms with E-state index in [1.54, 1.807) is 10.7 Å². The number of nitrogens with one attached hydrogen (secondary N) is 1. The summed E-state index contributed by atoms with van der Waals surface area (Å²) in [5, 5.41) is 7.63. The molecule has 0 fully saturated rings. The number of carbonyl (C=O) groups excluding carboxylic acids is 1. The van der Waals surface area contributed by atoms with Crippen molar-refractivity contribution in [2.45, 2.75) is 6.42 Å². The SMILES string of the molecule is O=C(NCCc1ccn(-c2ccccc2)n1)c1ccc(Cl)nc1Cl. The standard InChI is InChI=1S/C17H14Cl2N4O/c18-15-7-6-14(16(19)21-15)17(24)20-10-8-12-9-11-23(22-12)13-4-2-1-3-5-13/h1-7,9,11H,8,10H2,(H,20,24). The van der Waals surface area contributed by atoms with Crippen molar-refractivity contribution in [3.63, 3.8) is 0 Å². The molecule has 24 heavy (non-hydrogen) atoms. The highest BCUT2D eigenvalue weighted by molar-refractivity contribution is 6.34. The van der Waals surface area contributed by atoms with Gasteiger partial charge in [0.1, 0.15) is 10.3 Å². The molecule has 0 aliphatic carbocycles. The minimum absolute atomic E-state index is 0.0911. The normalized spacial score (nSPS) is 10.6. The van der Waals surface area contributed by atoms with Crippen molar-refractivity contribution in [2.24, 2.45) is 0 Å². The Bertz CT molecular complexity index is 849. The lowest BCUT2D eigenvalue weighted by atomic mass is 10.2. The Morgan fingerprint density at radius 1 is 1.08 bits per heavy atom. The smallest absolute Gasteiger partial charge is 0.254 e. The second-order valence-electron chi connectivity index (χ2n) is 5.07. The molecule has 0 bridgehead atoms. The molecule has 0 saturated heterocycles. The Morgan fingerprint density at radius 2 is 1.88 bits per heavy atom. The largest absolute Gasteiger partial charge is 0.352 e. The summed E-state index contributed by atoms with van der Waals surface area (Å²) < 4.78 is 1.80. The Kier molecular flexibility index (Phi) is 5.13. The molecule has 0 aliphatic rings. The van der Waals surface area contributed by atoms with E-state index in [1.807, 2.05) is 42.6 Å². The van der Waals surface area contributed by atoms with E-state index in [2.05, 4.69) is 15.4 Å². The summed E-state index contributed by atoms with van der Waals surface area (Å²) in [6, 6.07) is 14.8. The highest BCUT2D eigenvalue weighted by atomic mass is 35.5. The molecule has 0 saturated carbocycles. The third kappa shape index (κ3) is 3.93. The number of rotatable bonds is 5. The number of pyridine rings is 1. The third-order valence-electron chi connectivity index (χ3n) is 3.39.